The van der Waals surface area contributed by atoms with Crippen LogP contribution in [0, 0.1) is 17.8 Å². The van der Waals surface area contributed by atoms with E-state index >= 15 is 0 Å². The number of alkyl halides is 3. The lowest BCUT2D eigenvalue weighted by Crippen LogP contribution is -2.48. The predicted molar refractivity (Wildman–Crippen MR) is 131 cm³/mol. The highest BCUT2D eigenvalue weighted by molar-refractivity contribution is 5.78. The SMILES string of the molecule is CC(=O)CC[C@H]1O[C@@H](n2nnc(C(F)(F)F)c2-c2ccccc2)[C@H](CC(C)=O)[C@@H](CC(C)=O)[C@H]1CC(C)=O. The number of aromatic nitrogens is 3. The summed E-state index contributed by atoms with van der Waals surface area (Å²) < 4.78 is 49.5. The molecule has 0 aliphatic carbocycles. The highest BCUT2D eigenvalue weighted by atomic mass is 19.4. The highest BCUT2D eigenvalue weighted by Crippen LogP contribution is 2.48. The Balaban J connectivity index is 2.23. The third kappa shape index (κ3) is 7.00. The molecule has 3 rings (SSSR count). The van der Waals surface area contributed by atoms with Gasteiger partial charge in [0.1, 0.15) is 28.8 Å². The number of hydrogen-bond donors (Lipinski definition) is 0. The van der Waals surface area contributed by atoms with Crippen molar-refractivity contribution in [1.29, 1.82) is 0 Å². The van der Waals surface area contributed by atoms with Crippen LogP contribution >= 0.6 is 0 Å². The Morgan fingerprint density at radius 2 is 1.39 bits per heavy atom. The smallest absolute Gasteiger partial charge is 0.353 e. The minimum absolute atomic E-state index is 0.00613. The Labute approximate surface area is 218 Å². The average Bonchev–Trinajstić information content (AvgIpc) is 3.26. The molecule has 0 amide bonds. The second-order valence-corrected chi connectivity index (χ2v) is 10.1. The Hall–Kier alpha value is -3.21. The molecule has 1 saturated heterocycles. The van der Waals surface area contributed by atoms with Gasteiger partial charge in [-0.25, -0.2) is 4.68 Å². The summed E-state index contributed by atoms with van der Waals surface area (Å²) in [4.78, 5) is 48.8. The van der Waals surface area contributed by atoms with Crippen LogP contribution in [-0.2, 0) is 30.1 Å². The molecule has 0 spiro atoms. The topological polar surface area (TPSA) is 108 Å². The molecule has 2 heterocycles. The standard InChI is InChI=1S/C27H32F3N3O5/c1-15(34)10-11-23-21(13-17(3)36)20(12-16(2)35)22(14-18(4)37)26(38-23)33-24(19-8-6-5-7-9-19)25(31-32-33)27(28,29)30/h5-9,20-23,26H,10-14H2,1-4H3/t20-,21+,22+,23+,26+/m0/s1. The number of ether oxygens (including phenoxy) is 1. The van der Waals surface area contributed by atoms with Crippen LogP contribution in [0.3, 0.4) is 0 Å². The van der Waals surface area contributed by atoms with E-state index in [0.717, 1.165) is 4.68 Å². The number of carbonyl (C=O) groups excluding carboxylic acids is 4. The maximum absolute atomic E-state index is 14.0. The maximum atomic E-state index is 14.0. The van der Waals surface area contributed by atoms with Crippen LogP contribution in [0.25, 0.3) is 11.3 Å². The second kappa shape index (κ2) is 12.1. The fraction of sp³-hybridized carbons (Fsp3) is 0.556. The van der Waals surface area contributed by atoms with Crippen molar-refractivity contribution in [1.82, 2.24) is 15.0 Å². The van der Waals surface area contributed by atoms with Crippen LogP contribution in [0.15, 0.2) is 30.3 Å². The van der Waals surface area contributed by atoms with Gasteiger partial charge in [-0.05, 0) is 46.0 Å². The molecule has 0 unspecified atom stereocenters. The number of carbonyl (C=O) groups is 4. The molecule has 0 saturated carbocycles. The van der Waals surface area contributed by atoms with Crippen LogP contribution in [0.1, 0.15) is 71.7 Å². The van der Waals surface area contributed by atoms with Crippen molar-refractivity contribution in [2.75, 3.05) is 0 Å². The normalized spacial score (nSPS) is 23.7. The van der Waals surface area contributed by atoms with Crippen LogP contribution in [0.5, 0.6) is 0 Å². The van der Waals surface area contributed by atoms with Gasteiger partial charge >= 0.3 is 6.18 Å². The van der Waals surface area contributed by atoms with E-state index in [9.17, 15) is 32.3 Å². The molecule has 11 heteroatoms. The van der Waals surface area contributed by atoms with Crippen molar-refractivity contribution in [3.63, 3.8) is 0 Å². The summed E-state index contributed by atoms with van der Waals surface area (Å²) >= 11 is 0. The van der Waals surface area contributed by atoms with Gasteiger partial charge in [0.15, 0.2) is 11.9 Å². The molecule has 5 atom stereocenters. The second-order valence-electron chi connectivity index (χ2n) is 10.1. The van der Waals surface area contributed by atoms with Gasteiger partial charge in [0.25, 0.3) is 0 Å². The number of Topliss-reactive ketones (excluding diaryl/α,β-unsaturated/α-hetero) is 4. The number of ketones is 4. The molecular formula is C27H32F3N3O5. The number of rotatable bonds is 11. The van der Waals surface area contributed by atoms with Gasteiger partial charge in [-0.3, -0.25) is 0 Å². The Kier molecular flexibility index (Phi) is 9.35. The summed E-state index contributed by atoms with van der Waals surface area (Å²) in [6, 6.07) is 7.81. The molecule has 1 fully saturated rings. The zero-order valence-electron chi connectivity index (χ0n) is 21.8. The van der Waals surface area contributed by atoms with Gasteiger partial charge in [0.2, 0.25) is 0 Å². The molecule has 0 bridgehead atoms. The molecule has 2 aromatic rings. The third-order valence-electron chi connectivity index (χ3n) is 6.86. The first-order chi connectivity index (χ1) is 17.8. The van der Waals surface area contributed by atoms with E-state index in [4.69, 9.17) is 4.74 Å². The van der Waals surface area contributed by atoms with Crippen LogP contribution in [0.2, 0.25) is 0 Å². The number of nitrogens with zero attached hydrogens (tertiary/aromatic N) is 3. The molecule has 8 nitrogen and oxygen atoms in total. The van der Waals surface area contributed by atoms with E-state index in [2.05, 4.69) is 10.3 Å². The lowest BCUT2D eigenvalue weighted by Gasteiger charge is -2.47. The molecule has 1 aromatic carbocycles. The Morgan fingerprint density at radius 1 is 0.842 bits per heavy atom. The average molecular weight is 536 g/mol. The quantitative estimate of drug-likeness (QED) is 0.398. The van der Waals surface area contributed by atoms with Crippen LogP contribution < -0.4 is 0 Å². The van der Waals surface area contributed by atoms with Crippen molar-refractivity contribution >= 4 is 23.1 Å². The Bertz CT molecular complexity index is 1180. The minimum atomic E-state index is -4.82. The number of halogens is 3. The van der Waals surface area contributed by atoms with Gasteiger partial charge < -0.3 is 23.9 Å². The summed E-state index contributed by atoms with van der Waals surface area (Å²) in [5.74, 6) is -2.57. The van der Waals surface area contributed by atoms with Crippen molar-refractivity contribution in [3.05, 3.63) is 36.0 Å². The molecule has 0 N–H and O–H groups in total. The maximum Gasteiger partial charge on any atom is 0.437 e. The fourth-order valence-corrected chi connectivity index (χ4v) is 5.41. The van der Waals surface area contributed by atoms with Crippen LogP contribution in [0.4, 0.5) is 13.2 Å². The lowest BCUT2D eigenvalue weighted by molar-refractivity contribution is -0.192. The van der Waals surface area contributed by atoms with Gasteiger partial charge in [-0.1, -0.05) is 35.5 Å². The van der Waals surface area contributed by atoms with Gasteiger partial charge in [0, 0.05) is 37.2 Å². The summed E-state index contributed by atoms with van der Waals surface area (Å²) in [5.41, 5.74) is -1.33. The summed E-state index contributed by atoms with van der Waals surface area (Å²) in [6.45, 7) is 5.55. The van der Waals surface area contributed by atoms with Crippen molar-refractivity contribution in [2.45, 2.75) is 78.3 Å². The van der Waals surface area contributed by atoms with Crippen molar-refractivity contribution < 1.29 is 37.1 Å². The Morgan fingerprint density at radius 3 is 1.92 bits per heavy atom. The third-order valence-corrected chi connectivity index (χ3v) is 6.86. The van der Waals surface area contributed by atoms with Gasteiger partial charge in [-0.15, -0.1) is 5.10 Å². The monoisotopic (exact) mass is 535 g/mol. The number of hydrogen-bond acceptors (Lipinski definition) is 7. The largest absolute Gasteiger partial charge is 0.437 e. The van der Waals surface area contributed by atoms with E-state index in [1.165, 1.54) is 39.8 Å². The van der Waals surface area contributed by atoms with Gasteiger partial charge in [-0.2, -0.15) is 13.2 Å². The number of benzene rings is 1. The minimum Gasteiger partial charge on any atom is -0.353 e. The molecule has 1 aromatic heterocycles. The van der Waals surface area contributed by atoms with Crippen molar-refractivity contribution in [2.24, 2.45) is 17.8 Å². The summed E-state index contributed by atoms with van der Waals surface area (Å²) in [5, 5.41) is 7.31. The van der Waals surface area contributed by atoms with E-state index < -0.39 is 42.0 Å². The molecule has 1 aliphatic rings. The molecule has 206 valence electrons. The van der Waals surface area contributed by atoms with E-state index in [-0.39, 0.29) is 66.5 Å². The molecule has 1 aliphatic heterocycles. The molecular weight excluding hydrogens is 503 g/mol. The van der Waals surface area contributed by atoms with E-state index in [0.29, 0.717) is 0 Å². The highest BCUT2D eigenvalue weighted by Gasteiger charge is 2.49. The first-order valence-corrected chi connectivity index (χ1v) is 12.5. The zero-order valence-corrected chi connectivity index (χ0v) is 21.8. The predicted octanol–water partition coefficient (Wildman–Crippen LogP) is 5.02. The summed E-state index contributed by atoms with van der Waals surface area (Å²) in [6.07, 6.45) is -6.50. The first kappa shape index (κ1) is 29.3. The first-order valence-electron chi connectivity index (χ1n) is 12.5. The van der Waals surface area contributed by atoms with E-state index in [1.807, 2.05) is 0 Å². The fourth-order valence-electron chi connectivity index (χ4n) is 5.41. The van der Waals surface area contributed by atoms with E-state index in [1.54, 1.807) is 18.2 Å². The molecule has 38 heavy (non-hydrogen) atoms. The van der Waals surface area contributed by atoms with Crippen molar-refractivity contribution in [3.8, 4) is 11.3 Å². The van der Waals surface area contributed by atoms with Gasteiger partial charge in [0.05, 0.1) is 6.10 Å². The molecule has 0 radical (unpaired) electrons. The lowest BCUT2D eigenvalue weighted by atomic mass is 9.68. The summed E-state index contributed by atoms with van der Waals surface area (Å²) in [7, 11) is 0. The van der Waals surface area contributed by atoms with Crippen LogP contribution in [-0.4, -0.2) is 44.2 Å². The zero-order chi connectivity index (χ0) is 28.2.